The number of nitro benzene ring substituents is 1. The van der Waals surface area contributed by atoms with Gasteiger partial charge in [-0.15, -0.1) is 0 Å². The highest BCUT2D eigenvalue weighted by Crippen LogP contribution is 2.20. The first-order valence-electron chi connectivity index (χ1n) is 8.33. The Labute approximate surface area is 166 Å². The lowest BCUT2D eigenvalue weighted by molar-refractivity contribution is -0.384. The molecular formula is C17H17ClN4O5S. The monoisotopic (exact) mass is 424 g/mol. The number of halogens is 1. The van der Waals surface area contributed by atoms with Crippen LogP contribution in [0.15, 0.2) is 53.4 Å². The van der Waals surface area contributed by atoms with Gasteiger partial charge in [-0.2, -0.15) is 4.31 Å². The molecular weight excluding hydrogens is 408 g/mol. The number of nitrogens with zero attached hydrogens (tertiary/aromatic N) is 3. The zero-order valence-corrected chi connectivity index (χ0v) is 16.2. The van der Waals surface area contributed by atoms with Crippen LogP contribution in [0.2, 0.25) is 5.02 Å². The van der Waals surface area contributed by atoms with Crippen LogP contribution < -0.4 is 5.32 Å². The molecule has 0 aliphatic carbocycles. The number of nitro groups is 1. The quantitative estimate of drug-likeness (QED) is 0.599. The first-order chi connectivity index (χ1) is 13.3. The molecule has 2 aromatic carbocycles. The fraction of sp³-hybridized carbons (Fsp3) is 0.235. The van der Waals surface area contributed by atoms with Crippen LogP contribution >= 0.6 is 11.6 Å². The first-order valence-corrected chi connectivity index (χ1v) is 10.2. The summed E-state index contributed by atoms with van der Waals surface area (Å²) in [5, 5.41) is 13.8. The van der Waals surface area contributed by atoms with E-state index in [1.54, 1.807) is 0 Å². The second-order valence-corrected chi connectivity index (χ2v) is 8.45. The summed E-state index contributed by atoms with van der Waals surface area (Å²) in [5.74, 6) is 0. The van der Waals surface area contributed by atoms with Crippen molar-refractivity contribution in [2.75, 3.05) is 31.5 Å². The average molecular weight is 425 g/mol. The summed E-state index contributed by atoms with van der Waals surface area (Å²) in [4.78, 5) is 24.1. The van der Waals surface area contributed by atoms with E-state index in [9.17, 15) is 23.3 Å². The molecule has 0 radical (unpaired) electrons. The Morgan fingerprint density at radius 3 is 2.11 bits per heavy atom. The summed E-state index contributed by atoms with van der Waals surface area (Å²) in [7, 11) is -3.65. The molecule has 9 nitrogen and oxygen atoms in total. The number of carbonyl (C=O) groups excluding carboxylic acids is 1. The van der Waals surface area contributed by atoms with E-state index in [0.717, 1.165) is 0 Å². The van der Waals surface area contributed by atoms with Crippen molar-refractivity contribution in [3.63, 3.8) is 0 Å². The number of hydrogen-bond donors (Lipinski definition) is 1. The van der Waals surface area contributed by atoms with Gasteiger partial charge in [0.1, 0.15) is 0 Å². The second-order valence-electron chi connectivity index (χ2n) is 6.08. The number of hydrogen-bond acceptors (Lipinski definition) is 5. The SMILES string of the molecule is O=C(Nc1ccc([N+](=O)[O-])cc1)N1CCN(S(=O)(=O)c2ccc(Cl)cc2)CC1. The van der Waals surface area contributed by atoms with E-state index in [1.807, 2.05) is 0 Å². The Morgan fingerprint density at radius 2 is 1.57 bits per heavy atom. The molecule has 0 atom stereocenters. The van der Waals surface area contributed by atoms with Crippen molar-refractivity contribution in [2.24, 2.45) is 0 Å². The largest absolute Gasteiger partial charge is 0.322 e. The number of rotatable bonds is 4. The summed E-state index contributed by atoms with van der Waals surface area (Å²) in [6.45, 7) is 0.786. The van der Waals surface area contributed by atoms with Crippen molar-refractivity contribution in [3.05, 3.63) is 63.7 Å². The minimum atomic E-state index is -3.65. The van der Waals surface area contributed by atoms with Gasteiger partial charge in [0.2, 0.25) is 10.0 Å². The Bertz CT molecular complexity index is 972. The number of carbonyl (C=O) groups is 1. The van der Waals surface area contributed by atoms with Crippen LogP contribution in [0, 0.1) is 10.1 Å². The van der Waals surface area contributed by atoms with Crippen LogP contribution in [0.4, 0.5) is 16.2 Å². The maximum atomic E-state index is 12.7. The molecule has 3 rings (SSSR count). The van der Waals surface area contributed by atoms with Gasteiger partial charge in [0, 0.05) is 49.0 Å². The fourth-order valence-corrected chi connectivity index (χ4v) is 4.30. The summed E-state index contributed by atoms with van der Waals surface area (Å²) < 4.78 is 26.6. The molecule has 28 heavy (non-hydrogen) atoms. The van der Waals surface area contributed by atoms with Gasteiger partial charge in [-0.25, -0.2) is 13.2 Å². The molecule has 0 spiro atoms. The molecule has 2 amide bonds. The zero-order valence-electron chi connectivity index (χ0n) is 14.6. The summed E-state index contributed by atoms with van der Waals surface area (Å²) in [6, 6.07) is 11.0. The van der Waals surface area contributed by atoms with E-state index in [4.69, 9.17) is 11.6 Å². The van der Waals surface area contributed by atoms with Gasteiger partial charge in [-0.05, 0) is 36.4 Å². The minimum Gasteiger partial charge on any atom is -0.322 e. The number of piperazine rings is 1. The first kappa shape index (κ1) is 20.1. The molecule has 0 unspecified atom stereocenters. The highest BCUT2D eigenvalue weighted by Gasteiger charge is 2.30. The molecule has 0 bridgehead atoms. The second kappa shape index (κ2) is 8.13. The topological polar surface area (TPSA) is 113 Å². The number of benzene rings is 2. The van der Waals surface area contributed by atoms with Crippen LogP contribution in [0.5, 0.6) is 0 Å². The highest BCUT2D eigenvalue weighted by atomic mass is 35.5. The lowest BCUT2D eigenvalue weighted by atomic mass is 10.3. The van der Waals surface area contributed by atoms with E-state index in [0.29, 0.717) is 10.7 Å². The molecule has 1 N–H and O–H groups in total. The number of nitrogens with one attached hydrogen (secondary N) is 1. The molecule has 1 aliphatic heterocycles. The van der Waals surface area contributed by atoms with Gasteiger partial charge in [0.25, 0.3) is 5.69 Å². The van der Waals surface area contributed by atoms with Crippen LogP contribution in [0.25, 0.3) is 0 Å². The van der Waals surface area contributed by atoms with Crippen molar-refractivity contribution in [3.8, 4) is 0 Å². The van der Waals surface area contributed by atoms with Crippen molar-refractivity contribution in [1.29, 1.82) is 0 Å². The molecule has 0 aromatic heterocycles. The predicted octanol–water partition coefficient (Wildman–Crippen LogP) is 2.79. The van der Waals surface area contributed by atoms with E-state index in [-0.39, 0.29) is 36.8 Å². The van der Waals surface area contributed by atoms with Crippen molar-refractivity contribution in [1.82, 2.24) is 9.21 Å². The minimum absolute atomic E-state index is 0.0704. The van der Waals surface area contributed by atoms with E-state index in [2.05, 4.69) is 5.32 Å². The predicted molar refractivity (Wildman–Crippen MR) is 104 cm³/mol. The fourth-order valence-electron chi connectivity index (χ4n) is 2.76. The molecule has 1 saturated heterocycles. The molecule has 1 aliphatic rings. The molecule has 11 heteroatoms. The summed E-state index contributed by atoms with van der Waals surface area (Å²) in [6.07, 6.45) is 0. The Balaban J connectivity index is 1.59. The van der Waals surface area contributed by atoms with Crippen LogP contribution in [0.3, 0.4) is 0 Å². The average Bonchev–Trinajstić information content (AvgIpc) is 2.69. The smallest absolute Gasteiger partial charge is 0.321 e. The zero-order chi connectivity index (χ0) is 20.3. The third kappa shape index (κ3) is 4.41. The van der Waals surface area contributed by atoms with Gasteiger partial charge < -0.3 is 10.2 Å². The maximum Gasteiger partial charge on any atom is 0.321 e. The number of anilines is 1. The van der Waals surface area contributed by atoms with Crippen molar-refractivity contribution in [2.45, 2.75) is 4.90 Å². The third-order valence-corrected chi connectivity index (χ3v) is 6.47. The van der Waals surface area contributed by atoms with Crippen molar-refractivity contribution < 1.29 is 18.1 Å². The van der Waals surface area contributed by atoms with E-state index >= 15 is 0 Å². The van der Waals surface area contributed by atoms with E-state index in [1.165, 1.54) is 57.7 Å². The van der Waals surface area contributed by atoms with Crippen LogP contribution in [0.1, 0.15) is 0 Å². The normalized spacial score (nSPS) is 15.2. The maximum absolute atomic E-state index is 12.7. The van der Waals surface area contributed by atoms with Gasteiger partial charge in [0.15, 0.2) is 0 Å². The Hall–Kier alpha value is -2.69. The molecule has 0 saturated carbocycles. The Kier molecular flexibility index (Phi) is 5.82. The number of urea groups is 1. The van der Waals surface area contributed by atoms with Gasteiger partial charge in [0.05, 0.1) is 9.82 Å². The lowest BCUT2D eigenvalue weighted by Crippen LogP contribution is -2.51. The number of sulfonamides is 1. The van der Waals surface area contributed by atoms with Crippen LogP contribution in [-0.2, 0) is 10.0 Å². The molecule has 1 fully saturated rings. The standard InChI is InChI=1S/C17H17ClN4O5S/c18-13-1-7-16(8-2-13)28(26,27)21-11-9-20(10-12-21)17(23)19-14-3-5-15(6-4-14)22(24)25/h1-8H,9-12H2,(H,19,23). The summed E-state index contributed by atoms with van der Waals surface area (Å²) in [5.41, 5.74) is 0.353. The van der Waals surface area contributed by atoms with Crippen LogP contribution in [-0.4, -0.2) is 54.8 Å². The Morgan fingerprint density at radius 1 is 1.00 bits per heavy atom. The molecule has 2 aromatic rings. The number of non-ortho nitro benzene ring substituents is 1. The van der Waals surface area contributed by atoms with Gasteiger partial charge in [-0.3, -0.25) is 10.1 Å². The number of amides is 2. The molecule has 1 heterocycles. The highest BCUT2D eigenvalue weighted by molar-refractivity contribution is 7.89. The summed E-state index contributed by atoms with van der Waals surface area (Å²) >= 11 is 5.80. The van der Waals surface area contributed by atoms with Crippen molar-refractivity contribution >= 4 is 39.0 Å². The van der Waals surface area contributed by atoms with E-state index < -0.39 is 21.0 Å². The lowest BCUT2D eigenvalue weighted by Gasteiger charge is -2.34. The molecule has 148 valence electrons. The van der Waals surface area contributed by atoms with Gasteiger partial charge in [-0.1, -0.05) is 11.6 Å². The van der Waals surface area contributed by atoms with Gasteiger partial charge >= 0.3 is 6.03 Å². The third-order valence-electron chi connectivity index (χ3n) is 4.31.